The molecule has 1 saturated carbocycles. The number of methoxy groups -OCH3 is 2. The first kappa shape index (κ1) is 16.0. The summed E-state index contributed by atoms with van der Waals surface area (Å²) in [6, 6.07) is 6.08. The van der Waals surface area contributed by atoms with Gasteiger partial charge in [0.25, 0.3) is 0 Å². The number of amides is 1. The van der Waals surface area contributed by atoms with Crippen LogP contribution in [-0.4, -0.2) is 31.9 Å². The van der Waals surface area contributed by atoms with Gasteiger partial charge < -0.3 is 14.8 Å². The van der Waals surface area contributed by atoms with Gasteiger partial charge in [-0.05, 0) is 31.0 Å². The smallest absolute Gasteiger partial charge is 0.230 e. The number of carbonyl (C=O) groups excluding carboxylic acids is 1. The van der Waals surface area contributed by atoms with Crippen LogP contribution in [0.25, 0.3) is 0 Å². The predicted molar refractivity (Wildman–Crippen MR) is 85.3 cm³/mol. The summed E-state index contributed by atoms with van der Waals surface area (Å²) >= 11 is 1.52. The van der Waals surface area contributed by atoms with Gasteiger partial charge in [0, 0.05) is 10.9 Å². The van der Waals surface area contributed by atoms with E-state index in [1.54, 1.807) is 14.2 Å². The lowest BCUT2D eigenvalue weighted by molar-refractivity contribution is -0.119. The van der Waals surface area contributed by atoms with Crippen LogP contribution in [0.4, 0.5) is 0 Å². The molecule has 0 unspecified atom stereocenters. The summed E-state index contributed by atoms with van der Waals surface area (Å²) in [7, 11) is 3.23. The molecule has 0 heterocycles. The van der Waals surface area contributed by atoms with Crippen molar-refractivity contribution in [2.75, 3.05) is 20.0 Å². The molecule has 0 atom stereocenters. The van der Waals surface area contributed by atoms with Crippen molar-refractivity contribution in [3.8, 4) is 11.5 Å². The van der Waals surface area contributed by atoms with E-state index in [4.69, 9.17) is 9.47 Å². The van der Waals surface area contributed by atoms with Crippen LogP contribution in [0.3, 0.4) is 0 Å². The Morgan fingerprint density at radius 1 is 1.19 bits per heavy atom. The average molecular weight is 309 g/mol. The van der Waals surface area contributed by atoms with Gasteiger partial charge in [-0.15, -0.1) is 11.8 Å². The molecule has 4 nitrogen and oxygen atoms in total. The van der Waals surface area contributed by atoms with E-state index in [0.29, 0.717) is 23.3 Å². The van der Waals surface area contributed by atoms with Crippen molar-refractivity contribution in [1.82, 2.24) is 5.32 Å². The van der Waals surface area contributed by atoms with Crippen molar-refractivity contribution in [3.63, 3.8) is 0 Å². The number of thioether (sulfide) groups is 1. The van der Waals surface area contributed by atoms with E-state index >= 15 is 0 Å². The lowest BCUT2D eigenvalue weighted by Gasteiger charge is -2.22. The maximum Gasteiger partial charge on any atom is 0.230 e. The fourth-order valence-electron chi connectivity index (χ4n) is 2.57. The predicted octanol–water partition coefficient (Wildman–Crippen LogP) is 3.24. The zero-order chi connectivity index (χ0) is 15.1. The average Bonchev–Trinajstić information content (AvgIpc) is 2.53. The van der Waals surface area contributed by atoms with Crippen molar-refractivity contribution >= 4 is 17.7 Å². The molecule has 1 aromatic rings. The summed E-state index contributed by atoms with van der Waals surface area (Å²) < 4.78 is 10.5. The summed E-state index contributed by atoms with van der Waals surface area (Å²) in [6.45, 7) is 0. The molecule has 0 saturated heterocycles. The van der Waals surface area contributed by atoms with E-state index in [1.807, 2.05) is 18.2 Å². The molecule has 0 radical (unpaired) electrons. The fourth-order valence-corrected chi connectivity index (χ4v) is 3.31. The van der Waals surface area contributed by atoms with Crippen LogP contribution in [0, 0.1) is 0 Å². The molecule has 2 rings (SSSR count). The quantitative estimate of drug-likeness (QED) is 0.820. The van der Waals surface area contributed by atoms with Gasteiger partial charge in [-0.1, -0.05) is 19.3 Å². The Morgan fingerprint density at radius 2 is 1.90 bits per heavy atom. The van der Waals surface area contributed by atoms with Crippen molar-refractivity contribution in [2.24, 2.45) is 0 Å². The van der Waals surface area contributed by atoms with E-state index in [2.05, 4.69) is 5.32 Å². The Bertz CT molecular complexity index is 473. The maximum atomic E-state index is 12.0. The molecule has 1 aliphatic rings. The lowest BCUT2D eigenvalue weighted by Crippen LogP contribution is -2.37. The molecule has 0 spiro atoms. The van der Waals surface area contributed by atoms with Gasteiger partial charge >= 0.3 is 0 Å². The summed E-state index contributed by atoms with van der Waals surface area (Å²) in [6.07, 6.45) is 5.99. The van der Waals surface area contributed by atoms with Gasteiger partial charge in [-0.2, -0.15) is 0 Å². The largest absolute Gasteiger partial charge is 0.493 e. The second-order valence-corrected chi connectivity index (χ2v) is 6.26. The minimum absolute atomic E-state index is 0.113. The second-order valence-electron chi connectivity index (χ2n) is 5.21. The van der Waals surface area contributed by atoms with E-state index in [0.717, 1.165) is 17.7 Å². The van der Waals surface area contributed by atoms with Crippen LogP contribution in [0.2, 0.25) is 0 Å². The summed E-state index contributed by atoms with van der Waals surface area (Å²) in [5.41, 5.74) is 0. The maximum absolute atomic E-state index is 12.0. The van der Waals surface area contributed by atoms with Gasteiger partial charge in [0.15, 0.2) is 11.5 Å². The number of hydrogen-bond donors (Lipinski definition) is 1. The van der Waals surface area contributed by atoms with E-state index in [1.165, 1.54) is 31.0 Å². The van der Waals surface area contributed by atoms with Crippen molar-refractivity contribution < 1.29 is 14.3 Å². The third kappa shape index (κ3) is 4.84. The first-order valence-electron chi connectivity index (χ1n) is 7.37. The third-order valence-electron chi connectivity index (χ3n) is 3.70. The molecule has 1 N–H and O–H groups in total. The summed E-state index contributed by atoms with van der Waals surface area (Å²) in [5.74, 6) is 1.94. The second kappa shape index (κ2) is 8.17. The van der Waals surface area contributed by atoms with Crippen LogP contribution in [0.5, 0.6) is 11.5 Å². The van der Waals surface area contributed by atoms with Gasteiger partial charge in [0.05, 0.1) is 20.0 Å². The number of carbonyl (C=O) groups is 1. The standard InChI is InChI=1S/C16H23NO3S/c1-19-14-9-8-13(10-15(14)20-2)21-11-16(18)17-12-6-4-3-5-7-12/h8-10,12H,3-7,11H2,1-2H3,(H,17,18). The molecular weight excluding hydrogens is 286 g/mol. The molecule has 116 valence electrons. The highest BCUT2D eigenvalue weighted by atomic mass is 32.2. The monoisotopic (exact) mass is 309 g/mol. The van der Waals surface area contributed by atoms with Crippen LogP contribution >= 0.6 is 11.8 Å². The minimum Gasteiger partial charge on any atom is -0.493 e. The molecule has 5 heteroatoms. The number of ether oxygens (including phenoxy) is 2. The summed E-state index contributed by atoms with van der Waals surface area (Å²) in [5, 5.41) is 3.12. The molecule has 1 amide bonds. The van der Waals surface area contributed by atoms with Gasteiger partial charge in [-0.3, -0.25) is 4.79 Å². The SMILES string of the molecule is COc1ccc(SCC(=O)NC2CCCCC2)cc1OC. The lowest BCUT2D eigenvalue weighted by atomic mass is 9.95. The Balaban J connectivity index is 1.83. The molecular formula is C16H23NO3S. The van der Waals surface area contributed by atoms with Crippen molar-refractivity contribution in [3.05, 3.63) is 18.2 Å². The highest BCUT2D eigenvalue weighted by molar-refractivity contribution is 8.00. The van der Waals surface area contributed by atoms with Crippen molar-refractivity contribution in [1.29, 1.82) is 0 Å². The normalized spacial score (nSPS) is 15.5. The fraction of sp³-hybridized carbons (Fsp3) is 0.562. The molecule has 1 aliphatic carbocycles. The van der Waals surface area contributed by atoms with E-state index in [-0.39, 0.29) is 5.91 Å². The third-order valence-corrected chi connectivity index (χ3v) is 4.69. The highest BCUT2D eigenvalue weighted by Gasteiger charge is 2.15. The highest BCUT2D eigenvalue weighted by Crippen LogP contribution is 2.31. The molecule has 1 fully saturated rings. The minimum atomic E-state index is 0.113. The summed E-state index contributed by atoms with van der Waals surface area (Å²) in [4.78, 5) is 13.0. The van der Waals surface area contributed by atoms with Gasteiger partial charge in [-0.25, -0.2) is 0 Å². The van der Waals surface area contributed by atoms with Crippen LogP contribution in [0.1, 0.15) is 32.1 Å². The number of hydrogen-bond acceptors (Lipinski definition) is 4. The molecule has 1 aromatic carbocycles. The Hall–Kier alpha value is -1.36. The van der Waals surface area contributed by atoms with Gasteiger partial charge in [0.1, 0.15) is 0 Å². The van der Waals surface area contributed by atoms with Crippen molar-refractivity contribution in [2.45, 2.75) is 43.0 Å². The molecule has 0 aliphatic heterocycles. The van der Waals surface area contributed by atoms with Gasteiger partial charge in [0.2, 0.25) is 5.91 Å². The molecule has 0 bridgehead atoms. The van der Waals surface area contributed by atoms with Crippen LogP contribution in [-0.2, 0) is 4.79 Å². The van der Waals surface area contributed by atoms with E-state index < -0.39 is 0 Å². The zero-order valence-electron chi connectivity index (χ0n) is 12.7. The Kier molecular flexibility index (Phi) is 6.23. The molecule has 0 aromatic heterocycles. The number of benzene rings is 1. The number of nitrogens with one attached hydrogen (secondary N) is 1. The Morgan fingerprint density at radius 3 is 2.57 bits per heavy atom. The van der Waals surface area contributed by atoms with Crippen LogP contribution < -0.4 is 14.8 Å². The first-order valence-corrected chi connectivity index (χ1v) is 8.35. The first-order chi connectivity index (χ1) is 10.2. The van der Waals surface area contributed by atoms with E-state index in [9.17, 15) is 4.79 Å². The van der Waals surface area contributed by atoms with Crippen LogP contribution in [0.15, 0.2) is 23.1 Å². The molecule has 21 heavy (non-hydrogen) atoms. The Labute approximate surface area is 130 Å². The topological polar surface area (TPSA) is 47.6 Å². The zero-order valence-corrected chi connectivity index (χ0v) is 13.5. The number of rotatable bonds is 6.